The molecule has 1 unspecified atom stereocenters. The number of amides is 2. The van der Waals surface area contributed by atoms with Crippen molar-refractivity contribution < 1.29 is 9.59 Å². The Hall–Kier alpha value is -0.620. The summed E-state index contributed by atoms with van der Waals surface area (Å²) in [5, 5.41) is 0.597. The topological polar surface area (TPSA) is 37.4 Å². The number of halogens is 2. The fraction of sp³-hybridized carbons (Fsp3) is 0.273. The number of benzene rings is 1. The highest BCUT2D eigenvalue weighted by Crippen LogP contribution is 2.31. The van der Waals surface area contributed by atoms with Gasteiger partial charge in [-0.05, 0) is 40.8 Å². The van der Waals surface area contributed by atoms with Gasteiger partial charge in [0.1, 0.15) is 0 Å². The molecule has 2 amide bonds. The molecule has 1 heterocycles. The van der Waals surface area contributed by atoms with Gasteiger partial charge in [-0.25, -0.2) is 4.90 Å². The normalized spacial score (nSPS) is 20.7. The van der Waals surface area contributed by atoms with E-state index in [1.807, 2.05) is 0 Å². The maximum absolute atomic E-state index is 11.8. The molecule has 3 nitrogen and oxygen atoms in total. The lowest BCUT2D eigenvalue weighted by atomic mass is 10.1. The minimum absolute atomic E-state index is 0.134. The summed E-state index contributed by atoms with van der Waals surface area (Å²) in [5.41, 5.74) is 0.629. The van der Waals surface area contributed by atoms with Crippen molar-refractivity contribution in [1.29, 1.82) is 0 Å². The molecule has 1 aromatic rings. The Kier molecular flexibility index (Phi) is 3.21. The lowest BCUT2D eigenvalue weighted by Crippen LogP contribution is -2.30. The second kappa shape index (κ2) is 4.33. The molecule has 0 aliphatic carbocycles. The van der Waals surface area contributed by atoms with Gasteiger partial charge in [-0.2, -0.15) is 0 Å². The van der Waals surface area contributed by atoms with Gasteiger partial charge in [0.05, 0.1) is 5.69 Å². The highest BCUT2D eigenvalue weighted by molar-refractivity contribution is 14.1. The van der Waals surface area contributed by atoms with Crippen LogP contribution in [0.3, 0.4) is 0 Å². The number of carbonyl (C=O) groups is 2. The molecule has 1 saturated heterocycles. The lowest BCUT2D eigenvalue weighted by molar-refractivity contribution is -0.122. The molecular formula is C11H9ClINO2. The quantitative estimate of drug-likeness (QED) is 0.577. The van der Waals surface area contributed by atoms with E-state index in [-0.39, 0.29) is 24.2 Å². The summed E-state index contributed by atoms with van der Waals surface area (Å²) in [7, 11) is 0. The Morgan fingerprint density at radius 2 is 2.12 bits per heavy atom. The molecule has 0 spiro atoms. The van der Waals surface area contributed by atoms with Gasteiger partial charge in [-0.15, -0.1) is 0 Å². The Bertz CT molecular complexity index is 475. The Morgan fingerprint density at radius 3 is 2.62 bits per heavy atom. The second-order valence-corrected chi connectivity index (χ2v) is 5.37. The summed E-state index contributed by atoms with van der Waals surface area (Å²) in [6, 6.07) is 5.13. The highest BCUT2D eigenvalue weighted by Gasteiger charge is 2.37. The van der Waals surface area contributed by atoms with E-state index in [0.29, 0.717) is 10.7 Å². The van der Waals surface area contributed by atoms with E-state index < -0.39 is 0 Å². The van der Waals surface area contributed by atoms with Crippen LogP contribution in [0.15, 0.2) is 18.2 Å². The molecule has 1 fully saturated rings. The maximum Gasteiger partial charge on any atom is 0.237 e. The molecule has 0 bridgehead atoms. The van der Waals surface area contributed by atoms with Gasteiger partial charge in [0.2, 0.25) is 11.8 Å². The van der Waals surface area contributed by atoms with Gasteiger partial charge >= 0.3 is 0 Å². The van der Waals surface area contributed by atoms with Crippen molar-refractivity contribution in [1.82, 2.24) is 0 Å². The van der Waals surface area contributed by atoms with Gasteiger partial charge in [0, 0.05) is 20.9 Å². The molecule has 1 atom stereocenters. The lowest BCUT2D eigenvalue weighted by Gasteiger charge is -2.16. The van der Waals surface area contributed by atoms with Gasteiger partial charge in [0.15, 0.2) is 0 Å². The van der Waals surface area contributed by atoms with Gasteiger partial charge < -0.3 is 0 Å². The number of hydrogen-bond donors (Lipinski definition) is 0. The maximum atomic E-state index is 11.8. The smallest absolute Gasteiger partial charge is 0.237 e. The molecule has 84 valence electrons. The van der Waals surface area contributed by atoms with Crippen molar-refractivity contribution in [3.8, 4) is 0 Å². The molecule has 16 heavy (non-hydrogen) atoms. The first-order valence-electron chi connectivity index (χ1n) is 4.82. The molecular weight excluding hydrogens is 340 g/mol. The van der Waals surface area contributed by atoms with E-state index in [1.54, 1.807) is 25.1 Å². The van der Waals surface area contributed by atoms with E-state index in [1.165, 1.54) is 4.90 Å². The molecule has 0 radical (unpaired) electrons. The van der Waals surface area contributed by atoms with Gasteiger partial charge in [-0.1, -0.05) is 18.5 Å². The van der Waals surface area contributed by atoms with Crippen molar-refractivity contribution in [2.24, 2.45) is 5.92 Å². The third-order valence-electron chi connectivity index (χ3n) is 2.52. The van der Waals surface area contributed by atoms with E-state index in [0.717, 1.165) is 3.57 Å². The van der Waals surface area contributed by atoms with Crippen molar-refractivity contribution in [2.75, 3.05) is 4.90 Å². The largest absolute Gasteiger partial charge is 0.274 e. The zero-order chi connectivity index (χ0) is 11.9. The summed E-state index contributed by atoms with van der Waals surface area (Å²) in [6.07, 6.45) is 0.289. The van der Waals surface area contributed by atoms with Crippen LogP contribution in [0.25, 0.3) is 0 Å². The summed E-state index contributed by atoms with van der Waals surface area (Å²) < 4.78 is 0.806. The van der Waals surface area contributed by atoms with E-state index in [4.69, 9.17) is 11.6 Å². The summed E-state index contributed by atoms with van der Waals surface area (Å²) in [6.45, 7) is 1.77. The van der Waals surface area contributed by atoms with Crippen molar-refractivity contribution in [3.05, 3.63) is 26.8 Å². The average Bonchev–Trinajstić information content (AvgIpc) is 2.43. The molecule has 0 aromatic heterocycles. The predicted molar refractivity (Wildman–Crippen MR) is 70.4 cm³/mol. The molecule has 1 aliphatic heterocycles. The van der Waals surface area contributed by atoms with Crippen LogP contribution in [0.1, 0.15) is 13.3 Å². The molecule has 2 rings (SSSR count). The Balaban J connectivity index is 2.45. The first-order valence-corrected chi connectivity index (χ1v) is 6.28. The molecule has 0 N–H and O–H groups in total. The minimum Gasteiger partial charge on any atom is -0.274 e. The summed E-state index contributed by atoms with van der Waals surface area (Å²) in [5.74, 6) is -0.498. The molecule has 1 aromatic carbocycles. The van der Waals surface area contributed by atoms with Crippen LogP contribution in [-0.4, -0.2) is 11.8 Å². The van der Waals surface area contributed by atoms with Crippen LogP contribution in [0.5, 0.6) is 0 Å². The highest BCUT2D eigenvalue weighted by atomic mass is 127. The number of imide groups is 1. The van der Waals surface area contributed by atoms with Gasteiger partial charge in [-0.3, -0.25) is 9.59 Å². The molecule has 0 saturated carbocycles. The molecule has 1 aliphatic rings. The van der Waals surface area contributed by atoms with Gasteiger partial charge in [0.25, 0.3) is 0 Å². The van der Waals surface area contributed by atoms with Crippen LogP contribution in [0, 0.1) is 9.49 Å². The van der Waals surface area contributed by atoms with Crippen LogP contribution < -0.4 is 4.90 Å². The average molecular weight is 350 g/mol. The Labute approximate surface area is 112 Å². The Morgan fingerprint density at radius 1 is 1.44 bits per heavy atom. The predicted octanol–water partition coefficient (Wildman–Crippen LogP) is 2.84. The fourth-order valence-corrected chi connectivity index (χ4v) is 2.81. The zero-order valence-electron chi connectivity index (χ0n) is 8.54. The standard InChI is InChI=1S/C11H9ClINO2/c1-6-4-10(15)14(11(6)16)9-3-2-7(12)5-8(9)13/h2-3,5-6H,4H2,1H3. The number of anilines is 1. The zero-order valence-corrected chi connectivity index (χ0v) is 11.4. The van der Waals surface area contributed by atoms with Crippen molar-refractivity contribution in [2.45, 2.75) is 13.3 Å². The fourth-order valence-electron chi connectivity index (χ4n) is 1.70. The molecule has 5 heteroatoms. The van der Waals surface area contributed by atoms with Crippen LogP contribution in [-0.2, 0) is 9.59 Å². The van der Waals surface area contributed by atoms with E-state index in [2.05, 4.69) is 22.6 Å². The summed E-state index contributed by atoms with van der Waals surface area (Å²) >= 11 is 7.90. The van der Waals surface area contributed by atoms with E-state index >= 15 is 0 Å². The number of rotatable bonds is 1. The van der Waals surface area contributed by atoms with Crippen LogP contribution >= 0.6 is 34.2 Å². The number of carbonyl (C=O) groups excluding carboxylic acids is 2. The number of nitrogens with zero attached hydrogens (tertiary/aromatic N) is 1. The number of hydrogen-bond acceptors (Lipinski definition) is 2. The SMILES string of the molecule is CC1CC(=O)N(c2ccc(Cl)cc2I)C1=O. The van der Waals surface area contributed by atoms with Crippen LogP contribution in [0.4, 0.5) is 5.69 Å². The first kappa shape index (κ1) is 11.9. The van der Waals surface area contributed by atoms with Crippen molar-refractivity contribution >= 4 is 51.7 Å². The second-order valence-electron chi connectivity index (χ2n) is 3.77. The van der Waals surface area contributed by atoms with E-state index in [9.17, 15) is 9.59 Å². The third kappa shape index (κ3) is 1.96. The minimum atomic E-state index is -0.223. The van der Waals surface area contributed by atoms with Crippen LogP contribution in [0.2, 0.25) is 5.02 Å². The van der Waals surface area contributed by atoms with Crippen molar-refractivity contribution in [3.63, 3.8) is 0 Å². The summed E-state index contributed by atoms with van der Waals surface area (Å²) in [4.78, 5) is 24.8. The third-order valence-corrected chi connectivity index (χ3v) is 3.62. The first-order chi connectivity index (χ1) is 7.50. The monoisotopic (exact) mass is 349 g/mol.